The van der Waals surface area contributed by atoms with Crippen LogP contribution in [-0.2, 0) is 17.8 Å². The van der Waals surface area contributed by atoms with Crippen molar-refractivity contribution in [1.82, 2.24) is 24.6 Å². The molecule has 3 heterocycles. The first kappa shape index (κ1) is 16.8. The second-order valence-corrected chi connectivity index (χ2v) is 7.25. The molecule has 1 aliphatic carbocycles. The molecule has 0 spiro atoms. The van der Waals surface area contributed by atoms with Crippen molar-refractivity contribution in [3.8, 4) is 0 Å². The number of hydrogen-bond acceptors (Lipinski definition) is 4. The van der Waals surface area contributed by atoms with Crippen molar-refractivity contribution < 1.29 is 4.74 Å². The van der Waals surface area contributed by atoms with E-state index in [1.54, 1.807) is 0 Å². The van der Waals surface area contributed by atoms with Crippen LogP contribution in [0.3, 0.4) is 0 Å². The van der Waals surface area contributed by atoms with Crippen LogP contribution in [0.1, 0.15) is 62.7 Å². The Kier molecular flexibility index (Phi) is 5.17. The zero-order valence-electron chi connectivity index (χ0n) is 15.1. The lowest BCUT2D eigenvalue weighted by Gasteiger charge is -2.20. The molecule has 2 fully saturated rings. The van der Waals surface area contributed by atoms with E-state index in [0.29, 0.717) is 12.0 Å². The molecule has 2 atom stereocenters. The van der Waals surface area contributed by atoms with Crippen LogP contribution in [0.15, 0.2) is 24.7 Å². The highest BCUT2D eigenvalue weighted by Crippen LogP contribution is 2.33. The van der Waals surface area contributed by atoms with Crippen LogP contribution < -0.4 is 5.32 Å². The summed E-state index contributed by atoms with van der Waals surface area (Å²) in [6.45, 7) is 5.75. The molecular formula is C19H29N5O. The minimum absolute atomic E-state index is 0.113. The molecule has 136 valence electrons. The van der Waals surface area contributed by atoms with E-state index in [9.17, 15) is 0 Å². The molecule has 0 bridgehead atoms. The van der Waals surface area contributed by atoms with Gasteiger partial charge in [-0.15, -0.1) is 0 Å². The number of ether oxygens (including phenoxy) is 1. The highest BCUT2D eigenvalue weighted by Gasteiger charge is 2.32. The molecule has 2 aliphatic rings. The Labute approximate surface area is 149 Å². The van der Waals surface area contributed by atoms with Gasteiger partial charge in [0.2, 0.25) is 0 Å². The zero-order chi connectivity index (χ0) is 17.1. The summed E-state index contributed by atoms with van der Waals surface area (Å²) in [4.78, 5) is 4.54. The number of aromatic nitrogens is 4. The van der Waals surface area contributed by atoms with E-state index in [1.165, 1.54) is 31.4 Å². The summed E-state index contributed by atoms with van der Waals surface area (Å²) >= 11 is 0. The largest absolute Gasteiger partial charge is 0.370 e. The molecule has 25 heavy (non-hydrogen) atoms. The van der Waals surface area contributed by atoms with Crippen molar-refractivity contribution >= 4 is 0 Å². The normalized spacial score (nSPS) is 24.4. The maximum Gasteiger partial charge on any atom is 0.138 e. The first-order valence-electron chi connectivity index (χ1n) is 9.72. The molecule has 0 unspecified atom stereocenters. The minimum Gasteiger partial charge on any atom is -0.370 e. The van der Waals surface area contributed by atoms with Crippen molar-refractivity contribution in [2.75, 3.05) is 13.2 Å². The Morgan fingerprint density at radius 3 is 2.96 bits per heavy atom. The number of nitrogens with one attached hydrogen (secondary N) is 1. The third-order valence-corrected chi connectivity index (χ3v) is 5.69. The van der Waals surface area contributed by atoms with Gasteiger partial charge < -0.3 is 14.6 Å². The van der Waals surface area contributed by atoms with Gasteiger partial charge in [-0.3, -0.25) is 4.68 Å². The van der Waals surface area contributed by atoms with Crippen molar-refractivity contribution in [3.05, 3.63) is 36.2 Å². The number of aryl methyl sites for hydroxylation is 1. The fourth-order valence-electron chi connectivity index (χ4n) is 4.32. The lowest BCUT2D eigenvalue weighted by Crippen LogP contribution is -2.27. The number of hydrogen-bond donors (Lipinski definition) is 1. The topological polar surface area (TPSA) is 56.9 Å². The van der Waals surface area contributed by atoms with Gasteiger partial charge in [0.15, 0.2) is 0 Å². The van der Waals surface area contributed by atoms with Crippen molar-refractivity contribution in [1.29, 1.82) is 0 Å². The average Bonchev–Trinajstić information content (AvgIpc) is 3.39. The predicted molar refractivity (Wildman–Crippen MR) is 96.1 cm³/mol. The van der Waals surface area contributed by atoms with Crippen LogP contribution in [0.5, 0.6) is 0 Å². The Bertz CT molecular complexity index is 673. The van der Waals surface area contributed by atoms with Gasteiger partial charge in [0.05, 0.1) is 11.7 Å². The van der Waals surface area contributed by atoms with Gasteiger partial charge in [-0.2, -0.15) is 5.10 Å². The van der Waals surface area contributed by atoms with Crippen molar-refractivity contribution in [2.45, 2.75) is 64.3 Å². The number of rotatable bonds is 7. The van der Waals surface area contributed by atoms with Gasteiger partial charge in [-0.1, -0.05) is 12.8 Å². The summed E-state index contributed by atoms with van der Waals surface area (Å²) in [6.07, 6.45) is 12.3. The van der Waals surface area contributed by atoms with E-state index >= 15 is 0 Å². The first-order chi connectivity index (χ1) is 12.4. The molecule has 1 saturated heterocycles. The molecule has 0 aromatic carbocycles. The third kappa shape index (κ3) is 3.51. The minimum atomic E-state index is 0.113. The van der Waals surface area contributed by atoms with Gasteiger partial charge in [0.25, 0.3) is 0 Å². The molecule has 1 aliphatic heterocycles. The van der Waals surface area contributed by atoms with E-state index in [-0.39, 0.29) is 6.10 Å². The SMILES string of the molecule is CCn1ccnc1[C@@H]1OCC[C@H]1CNCc1ccnn1C1CCCC1. The Hall–Kier alpha value is -1.66. The van der Waals surface area contributed by atoms with Gasteiger partial charge in [0.1, 0.15) is 11.9 Å². The lowest BCUT2D eigenvalue weighted by molar-refractivity contribution is 0.0803. The van der Waals surface area contributed by atoms with Gasteiger partial charge in [-0.05, 0) is 32.3 Å². The first-order valence-corrected chi connectivity index (χ1v) is 9.72. The standard InChI is InChI=1S/C19H29N5O/c1-2-23-11-10-21-19(23)18-15(8-12-25-18)13-20-14-17-7-9-22-24(17)16-5-3-4-6-16/h7,9-11,15-16,18,20H,2-6,8,12-14H2,1H3/t15-,18+/m0/s1. The Morgan fingerprint density at radius 1 is 1.24 bits per heavy atom. The molecule has 0 radical (unpaired) electrons. The molecule has 2 aromatic heterocycles. The van der Waals surface area contributed by atoms with Crippen LogP contribution in [0.4, 0.5) is 0 Å². The van der Waals surface area contributed by atoms with Gasteiger partial charge in [0, 0.05) is 50.7 Å². The van der Waals surface area contributed by atoms with E-state index < -0.39 is 0 Å². The Balaban J connectivity index is 1.35. The molecule has 6 nitrogen and oxygen atoms in total. The Morgan fingerprint density at radius 2 is 2.12 bits per heavy atom. The van der Waals surface area contributed by atoms with Crippen LogP contribution in [0.25, 0.3) is 0 Å². The highest BCUT2D eigenvalue weighted by molar-refractivity contribution is 5.04. The monoisotopic (exact) mass is 343 g/mol. The van der Waals surface area contributed by atoms with Gasteiger partial charge in [-0.25, -0.2) is 4.98 Å². The highest BCUT2D eigenvalue weighted by atomic mass is 16.5. The van der Waals surface area contributed by atoms with Crippen molar-refractivity contribution in [3.63, 3.8) is 0 Å². The molecule has 1 N–H and O–H groups in total. The van der Waals surface area contributed by atoms with Crippen LogP contribution in [-0.4, -0.2) is 32.5 Å². The molecule has 1 saturated carbocycles. The average molecular weight is 343 g/mol. The second kappa shape index (κ2) is 7.70. The fourth-order valence-corrected chi connectivity index (χ4v) is 4.32. The lowest BCUT2D eigenvalue weighted by atomic mass is 10.0. The summed E-state index contributed by atoms with van der Waals surface area (Å²) in [5, 5.41) is 8.21. The van der Waals surface area contributed by atoms with E-state index in [0.717, 1.165) is 38.5 Å². The maximum absolute atomic E-state index is 6.00. The fraction of sp³-hybridized carbons (Fsp3) is 0.684. The van der Waals surface area contributed by atoms with E-state index in [1.807, 2.05) is 18.6 Å². The summed E-state index contributed by atoms with van der Waals surface area (Å²) in [6, 6.07) is 2.75. The summed E-state index contributed by atoms with van der Waals surface area (Å²) < 4.78 is 10.4. The number of imidazole rings is 1. The smallest absolute Gasteiger partial charge is 0.138 e. The van der Waals surface area contributed by atoms with Crippen LogP contribution in [0, 0.1) is 5.92 Å². The maximum atomic E-state index is 6.00. The predicted octanol–water partition coefficient (Wildman–Crippen LogP) is 3.08. The zero-order valence-corrected chi connectivity index (χ0v) is 15.1. The molecule has 2 aromatic rings. The van der Waals surface area contributed by atoms with Crippen LogP contribution >= 0.6 is 0 Å². The number of nitrogens with zero attached hydrogens (tertiary/aromatic N) is 4. The second-order valence-electron chi connectivity index (χ2n) is 7.25. The third-order valence-electron chi connectivity index (χ3n) is 5.69. The van der Waals surface area contributed by atoms with Gasteiger partial charge >= 0.3 is 0 Å². The van der Waals surface area contributed by atoms with Crippen LogP contribution in [0.2, 0.25) is 0 Å². The molecule has 4 rings (SSSR count). The summed E-state index contributed by atoms with van der Waals surface area (Å²) in [7, 11) is 0. The molecule has 6 heteroatoms. The quantitative estimate of drug-likeness (QED) is 0.839. The van der Waals surface area contributed by atoms with E-state index in [4.69, 9.17) is 4.74 Å². The van der Waals surface area contributed by atoms with Crippen molar-refractivity contribution in [2.24, 2.45) is 5.92 Å². The summed E-state index contributed by atoms with van der Waals surface area (Å²) in [5.41, 5.74) is 1.30. The molecular weight excluding hydrogens is 314 g/mol. The summed E-state index contributed by atoms with van der Waals surface area (Å²) in [5.74, 6) is 1.55. The van der Waals surface area contributed by atoms with E-state index in [2.05, 4.69) is 37.6 Å². The molecule has 0 amide bonds.